The molecule has 202 valence electrons. The number of halogens is 2. The topological polar surface area (TPSA) is 124 Å². The van der Waals surface area contributed by atoms with Crippen molar-refractivity contribution in [2.75, 3.05) is 11.0 Å². The van der Waals surface area contributed by atoms with Gasteiger partial charge in [-0.05, 0) is 48.9 Å². The molecule has 0 radical (unpaired) electrons. The molecule has 0 saturated heterocycles. The predicted molar refractivity (Wildman–Crippen MR) is 142 cm³/mol. The smallest absolute Gasteiger partial charge is 0.236 e. The van der Waals surface area contributed by atoms with Crippen LogP contribution in [-0.4, -0.2) is 44.8 Å². The van der Waals surface area contributed by atoms with Crippen LogP contribution in [0.2, 0.25) is 0 Å². The minimum Gasteiger partial charge on any atom is -0.261 e. The van der Waals surface area contributed by atoms with Crippen LogP contribution in [0.4, 0.5) is 14.7 Å². The zero-order valence-corrected chi connectivity index (χ0v) is 22.5. The van der Waals surface area contributed by atoms with Crippen molar-refractivity contribution in [1.82, 2.24) is 30.1 Å². The van der Waals surface area contributed by atoms with E-state index in [1.165, 1.54) is 37.0 Å². The van der Waals surface area contributed by atoms with Gasteiger partial charge in [-0.25, -0.2) is 32.2 Å². The number of anilines is 1. The van der Waals surface area contributed by atoms with Crippen LogP contribution in [0.1, 0.15) is 62.4 Å². The Labute approximate surface area is 225 Å². The Morgan fingerprint density at radius 2 is 1.72 bits per heavy atom. The summed E-state index contributed by atoms with van der Waals surface area (Å²) < 4.78 is 53.7. The van der Waals surface area contributed by atoms with Gasteiger partial charge in [0.25, 0.3) is 0 Å². The maximum absolute atomic E-state index is 14.4. The fraction of sp³-hybridized carbons (Fsp3) is 0.333. The fourth-order valence-electron chi connectivity index (χ4n) is 5.25. The number of benzene rings is 1. The van der Waals surface area contributed by atoms with E-state index < -0.39 is 27.1 Å². The van der Waals surface area contributed by atoms with E-state index in [1.54, 1.807) is 18.5 Å². The Balaban J connectivity index is 0.000000983. The molecule has 2 atom stereocenters. The van der Waals surface area contributed by atoms with Crippen LogP contribution in [0.3, 0.4) is 0 Å². The first-order chi connectivity index (χ1) is 18.6. The maximum Gasteiger partial charge on any atom is 0.236 e. The van der Waals surface area contributed by atoms with Crippen molar-refractivity contribution in [2.24, 2.45) is 0 Å². The molecule has 2 bridgehead atoms. The van der Waals surface area contributed by atoms with Gasteiger partial charge in [0.1, 0.15) is 11.6 Å². The zero-order valence-electron chi connectivity index (χ0n) is 21.7. The summed E-state index contributed by atoms with van der Waals surface area (Å²) in [5.41, 5.74) is 3.01. The van der Waals surface area contributed by atoms with Crippen LogP contribution < -0.4 is 4.72 Å². The first kappa shape index (κ1) is 26.7. The van der Waals surface area contributed by atoms with Crippen molar-refractivity contribution in [3.05, 3.63) is 77.6 Å². The van der Waals surface area contributed by atoms with E-state index in [0.717, 1.165) is 42.5 Å². The van der Waals surface area contributed by atoms with E-state index in [2.05, 4.69) is 43.7 Å². The second kappa shape index (κ2) is 10.3. The molecule has 1 N–H and O–H groups in total. The van der Waals surface area contributed by atoms with E-state index in [9.17, 15) is 17.2 Å². The molecule has 4 aromatic rings. The number of nitrogens with zero attached hydrogens (tertiary/aromatic N) is 6. The number of nitrogens with one attached hydrogen (secondary N) is 1. The average molecular weight is 552 g/mol. The van der Waals surface area contributed by atoms with Crippen molar-refractivity contribution in [3.63, 3.8) is 0 Å². The highest BCUT2D eigenvalue weighted by Gasteiger charge is 2.53. The van der Waals surface area contributed by atoms with Crippen LogP contribution >= 0.6 is 0 Å². The van der Waals surface area contributed by atoms with Crippen molar-refractivity contribution in [3.8, 4) is 22.5 Å². The van der Waals surface area contributed by atoms with Gasteiger partial charge in [0, 0.05) is 24.2 Å². The largest absolute Gasteiger partial charge is 0.261 e. The summed E-state index contributed by atoms with van der Waals surface area (Å²) in [6, 6.07) is 5.47. The Kier molecular flexibility index (Phi) is 7.06. The van der Waals surface area contributed by atoms with Crippen LogP contribution in [0.15, 0.2) is 49.1 Å². The average Bonchev–Trinajstić information content (AvgIpc) is 3.48. The Bertz CT molecular complexity index is 1610. The number of aromatic nitrogens is 6. The predicted octanol–water partition coefficient (Wildman–Crippen LogP) is 5.02. The first-order valence-electron chi connectivity index (χ1n) is 12.6. The van der Waals surface area contributed by atoms with Crippen LogP contribution in [0.25, 0.3) is 22.5 Å². The van der Waals surface area contributed by atoms with Gasteiger partial charge < -0.3 is 0 Å². The molecule has 0 amide bonds. The maximum atomic E-state index is 14.4. The molecule has 3 aromatic heterocycles. The highest BCUT2D eigenvalue weighted by Crippen LogP contribution is 2.59. The van der Waals surface area contributed by atoms with Gasteiger partial charge in [-0.1, -0.05) is 26.3 Å². The summed E-state index contributed by atoms with van der Waals surface area (Å²) in [6.45, 7) is 4.25. The molecule has 0 aliphatic heterocycles. The fourth-order valence-corrected chi connectivity index (χ4v) is 5.69. The van der Waals surface area contributed by atoms with E-state index in [0.29, 0.717) is 11.3 Å². The van der Waals surface area contributed by atoms with Gasteiger partial charge in [-0.3, -0.25) is 9.71 Å². The second-order valence-electron chi connectivity index (χ2n) is 9.82. The van der Waals surface area contributed by atoms with Crippen LogP contribution in [0, 0.1) is 11.6 Å². The Morgan fingerprint density at radius 1 is 1.03 bits per heavy atom. The molecule has 6 rings (SSSR count). The van der Waals surface area contributed by atoms with Gasteiger partial charge in [0.05, 0.1) is 46.2 Å². The monoisotopic (exact) mass is 551 g/mol. The van der Waals surface area contributed by atoms with Gasteiger partial charge in [0.15, 0.2) is 0 Å². The molecule has 1 saturated carbocycles. The lowest BCUT2D eigenvalue weighted by atomic mass is 9.80. The third-order valence-corrected chi connectivity index (χ3v) is 7.35. The standard InChI is InChI=1S/C24H19F2N7O2S.C3H8/c1-36(34,35)33-23-28-9-14(10-29-23)19-11-27-12-20(30-19)24-6-5-13(8-24)15-7-18(31-32-22(15)24)21-16(25)3-2-4-17(21)26;1-3-2/h2-4,7,9-13H,5-6,8H2,1H3,(H,28,29,33);3H2,1-2H3/t13-,24+;/m1./s1. The molecule has 0 unspecified atom stereocenters. The van der Waals surface area contributed by atoms with Gasteiger partial charge in [-0.15, -0.1) is 5.10 Å². The number of sulfonamides is 1. The summed E-state index contributed by atoms with van der Waals surface area (Å²) >= 11 is 0. The van der Waals surface area contributed by atoms with Gasteiger partial charge in [0.2, 0.25) is 16.0 Å². The lowest BCUT2D eigenvalue weighted by Crippen LogP contribution is -2.26. The lowest BCUT2D eigenvalue weighted by Gasteiger charge is -2.27. The molecule has 12 heteroatoms. The SMILES string of the molecule is CCC.CS(=O)(=O)Nc1ncc(-c2cncc([C@]34CC[C@H](C3)c3cc(-c5c(F)cccc5F)nnc34)n2)cn1. The summed E-state index contributed by atoms with van der Waals surface area (Å²) in [4.78, 5) is 17.3. The zero-order chi connectivity index (χ0) is 27.8. The van der Waals surface area contributed by atoms with Crippen molar-refractivity contribution in [1.29, 1.82) is 0 Å². The second-order valence-corrected chi connectivity index (χ2v) is 11.6. The molecule has 9 nitrogen and oxygen atoms in total. The van der Waals surface area contributed by atoms with E-state index in [4.69, 9.17) is 4.98 Å². The van der Waals surface area contributed by atoms with Crippen molar-refractivity contribution >= 4 is 16.0 Å². The Hall–Kier alpha value is -3.93. The molecule has 39 heavy (non-hydrogen) atoms. The van der Waals surface area contributed by atoms with E-state index in [-0.39, 0.29) is 23.1 Å². The quantitative estimate of drug-likeness (QED) is 0.367. The Morgan fingerprint density at radius 3 is 2.38 bits per heavy atom. The van der Waals surface area contributed by atoms with Crippen molar-refractivity contribution < 1.29 is 17.2 Å². The number of hydrogen-bond acceptors (Lipinski definition) is 8. The third kappa shape index (κ3) is 5.08. The van der Waals surface area contributed by atoms with E-state index >= 15 is 0 Å². The van der Waals surface area contributed by atoms with Gasteiger partial charge in [-0.2, -0.15) is 5.10 Å². The number of fused-ring (bicyclic) bond motifs is 5. The number of hydrogen-bond donors (Lipinski definition) is 1. The number of rotatable bonds is 5. The van der Waals surface area contributed by atoms with Crippen LogP contribution in [0.5, 0.6) is 0 Å². The highest BCUT2D eigenvalue weighted by atomic mass is 32.2. The summed E-state index contributed by atoms with van der Waals surface area (Å²) in [5.74, 6) is -1.22. The molecule has 0 spiro atoms. The minimum absolute atomic E-state index is 0.0373. The molecule has 1 aromatic carbocycles. The highest BCUT2D eigenvalue weighted by molar-refractivity contribution is 7.91. The van der Waals surface area contributed by atoms with Gasteiger partial charge >= 0.3 is 0 Å². The molecular formula is C27H27F2N7O2S. The summed E-state index contributed by atoms with van der Waals surface area (Å²) in [5, 5.41) is 8.65. The van der Waals surface area contributed by atoms with Crippen LogP contribution in [-0.2, 0) is 15.4 Å². The molecule has 1 fully saturated rings. The summed E-state index contributed by atoms with van der Waals surface area (Å²) in [6.07, 6.45) is 10.9. The van der Waals surface area contributed by atoms with E-state index in [1.807, 2.05) is 0 Å². The summed E-state index contributed by atoms with van der Waals surface area (Å²) in [7, 11) is -3.49. The lowest BCUT2D eigenvalue weighted by molar-refractivity contribution is 0.508. The molecular weight excluding hydrogens is 524 g/mol. The minimum atomic E-state index is -3.49. The van der Waals surface area contributed by atoms with Crippen molar-refractivity contribution in [2.45, 2.75) is 50.9 Å². The normalized spacial score (nSPS) is 19.3. The molecule has 2 aliphatic rings. The molecule has 3 heterocycles. The third-order valence-electron chi connectivity index (χ3n) is 6.80. The molecule has 2 aliphatic carbocycles. The first-order valence-corrected chi connectivity index (χ1v) is 14.5.